The maximum absolute atomic E-state index is 12.4. The number of rotatable bonds is 6. The SMILES string of the molecule is Cc1c(OCC(F)(F)F)ccnc1CSc1nc2ccc(C(=O)O)cc2n1N. The Labute approximate surface area is 161 Å². The number of thioether (sulfide) groups is 1. The molecule has 148 valence electrons. The Bertz CT molecular complexity index is 1040. The summed E-state index contributed by atoms with van der Waals surface area (Å²) in [6.45, 7) is 0.244. The number of hydrogen-bond acceptors (Lipinski definition) is 6. The monoisotopic (exact) mass is 412 g/mol. The highest BCUT2D eigenvalue weighted by atomic mass is 32.2. The molecule has 3 N–H and O–H groups in total. The number of carbonyl (C=O) groups is 1. The lowest BCUT2D eigenvalue weighted by Gasteiger charge is -2.13. The number of alkyl halides is 3. The molecule has 0 aliphatic rings. The Morgan fingerprint density at radius 3 is 2.79 bits per heavy atom. The van der Waals surface area contributed by atoms with Gasteiger partial charge in [-0.15, -0.1) is 0 Å². The first-order valence-electron chi connectivity index (χ1n) is 7.93. The molecule has 11 heteroatoms. The number of aromatic nitrogens is 3. The summed E-state index contributed by atoms with van der Waals surface area (Å²) in [5.74, 6) is 5.33. The van der Waals surface area contributed by atoms with E-state index in [2.05, 4.69) is 9.97 Å². The number of halogens is 3. The van der Waals surface area contributed by atoms with Crippen LogP contribution < -0.4 is 10.6 Å². The zero-order chi connectivity index (χ0) is 20.5. The first-order chi connectivity index (χ1) is 13.2. The van der Waals surface area contributed by atoms with Gasteiger partial charge in [0.2, 0.25) is 0 Å². The molecule has 0 aliphatic carbocycles. The van der Waals surface area contributed by atoms with Gasteiger partial charge in [-0.1, -0.05) is 11.8 Å². The third kappa shape index (κ3) is 4.30. The second-order valence-corrected chi connectivity index (χ2v) is 6.79. The molecule has 2 heterocycles. The van der Waals surface area contributed by atoms with Crippen LogP contribution in [0.25, 0.3) is 11.0 Å². The number of fused-ring (bicyclic) bond motifs is 1. The summed E-state index contributed by atoms with van der Waals surface area (Å²) < 4.78 is 43.2. The van der Waals surface area contributed by atoms with Crippen LogP contribution in [0.4, 0.5) is 13.2 Å². The van der Waals surface area contributed by atoms with Crippen LogP contribution >= 0.6 is 11.8 Å². The third-order valence-electron chi connectivity index (χ3n) is 3.89. The van der Waals surface area contributed by atoms with Crippen molar-refractivity contribution in [2.45, 2.75) is 24.0 Å². The van der Waals surface area contributed by atoms with Gasteiger partial charge in [0.15, 0.2) is 11.8 Å². The molecule has 3 aromatic rings. The van der Waals surface area contributed by atoms with Crippen molar-refractivity contribution in [3.8, 4) is 5.75 Å². The molecule has 0 saturated heterocycles. The number of benzene rings is 1. The molecule has 0 radical (unpaired) electrons. The van der Waals surface area contributed by atoms with E-state index in [4.69, 9.17) is 15.7 Å². The largest absolute Gasteiger partial charge is 0.484 e. The molecule has 3 rings (SSSR count). The first kappa shape index (κ1) is 19.8. The first-order valence-corrected chi connectivity index (χ1v) is 8.92. The lowest BCUT2D eigenvalue weighted by molar-refractivity contribution is -0.153. The van der Waals surface area contributed by atoms with E-state index in [0.717, 1.165) is 0 Å². The Morgan fingerprint density at radius 2 is 2.11 bits per heavy atom. The lowest BCUT2D eigenvalue weighted by Crippen LogP contribution is -2.19. The maximum atomic E-state index is 12.4. The summed E-state index contributed by atoms with van der Waals surface area (Å²) in [6, 6.07) is 5.78. The molecule has 0 saturated carbocycles. The molecule has 0 aliphatic heterocycles. The lowest BCUT2D eigenvalue weighted by atomic mass is 10.2. The van der Waals surface area contributed by atoms with Gasteiger partial charge in [0.25, 0.3) is 0 Å². The predicted octanol–water partition coefficient (Wildman–Crippen LogP) is 3.39. The van der Waals surface area contributed by atoms with Crippen LogP contribution in [0.3, 0.4) is 0 Å². The van der Waals surface area contributed by atoms with Crippen LogP contribution in [0.5, 0.6) is 5.75 Å². The number of carboxylic acid groups (broad SMARTS) is 1. The fourth-order valence-electron chi connectivity index (χ4n) is 2.46. The molecule has 28 heavy (non-hydrogen) atoms. The normalized spacial score (nSPS) is 11.7. The minimum atomic E-state index is -4.43. The summed E-state index contributed by atoms with van der Waals surface area (Å²) in [7, 11) is 0. The van der Waals surface area contributed by atoms with Gasteiger partial charge in [-0.25, -0.2) is 14.5 Å². The zero-order valence-corrected chi connectivity index (χ0v) is 15.3. The number of imidazole rings is 1. The van der Waals surface area contributed by atoms with Crippen LogP contribution in [-0.2, 0) is 5.75 Å². The number of nitrogens with zero attached hydrogens (tertiary/aromatic N) is 3. The Balaban J connectivity index is 1.79. The Hall–Kier alpha value is -2.95. The average molecular weight is 412 g/mol. The zero-order valence-electron chi connectivity index (χ0n) is 14.5. The van der Waals surface area contributed by atoms with Crippen molar-refractivity contribution in [1.82, 2.24) is 14.6 Å². The molecular formula is C17H15F3N4O3S. The summed E-state index contributed by atoms with van der Waals surface area (Å²) in [5.41, 5.74) is 2.09. The van der Waals surface area contributed by atoms with E-state index in [9.17, 15) is 18.0 Å². The summed E-state index contributed by atoms with van der Waals surface area (Å²) >= 11 is 1.23. The fourth-order valence-corrected chi connectivity index (χ4v) is 3.42. The van der Waals surface area contributed by atoms with Crippen LogP contribution in [0.2, 0.25) is 0 Å². The van der Waals surface area contributed by atoms with Gasteiger partial charge >= 0.3 is 12.1 Å². The highest BCUT2D eigenvalue weighted by Gasteiger charge is 2.28. The van der Waals surface area contributed by atoms with Crippen molar-refractivity contribution in [1.29, 1.82) is 0 Å². The van der Waals surface area contributed by atoms with E-state index in [1.54, 1.807) is 13.0 Å². The number of carboxylic acids is 1. The Morgan fingerprint density at radius 1 is 1.36 bits per heavy atom. The summed E-state index contributed by atoms with van der Waals surface area (Å²) in [5, 5.41) is 9.50. The van der Waals surface area contributed by atoms with E-state index < -0.39 is 18.8 Å². The van der Waals surface area contributed by atoms with E-state index >= 15 is 0 Å². The van der Waals surface area contributed by atoms with Crippen molar-refractivity contribution in [2.75, 3.05) is 12.4 Å². The molecule has 1 aromatic carbocycles. The molecule has 7 nitrogen and oxygen atoms in total. The van der Waals surface area contributed by atoms with Crippen molar-refractivity contribution in [3.63, 3.8) is 0 Å². The van der Waals surface area contributed by atoms with Gasteiger partial charge in [-0.3, -0.25) is 4.98 Å². The van der Waals surface area contributed by atoms with Gasteiger partial charge in [0.05, 0.1) is 22.3 Å². The molecule has 0 atom stereocenters. The van der Waals surface area contributed by atoms with Crippen LogP contribution in [0.1, 0.15) is 21.6 Å². The third-order valence-corrected chi connectivity index (χ3v) is 4.86. The predicted molar refractivity (Wildman–Crippen MR) is 96.9 cm³/mol. The van der Waals surface area contributed by atoms with Crippen molar-refractivity contribution in [3.05, 3.63) is 47.3 Å². The van der Waals surface area contributed by atoms with Crippen LogP contribution in [-0.4, -0.2) is 38.5 Å². The van der Waals surface area contributed by atoms with Gasteiger partial charge in [-0.2, -0.15) is 13.2 Å². The van der Waals surface area contributed by atoms with E-state index in [0.29, 0.717) is 33.2 Å². The number of hydrogen-bond donors (Lipinski definition) is 2. The minimum absolute atomic E-state index is 0.0858. The van der Waals surface area contributed by atoms with E-state index in [1.807, 2.05) is 0 Å². The van der Waals surface area contributed by atoms with Crippen molar-refractivity contribution < 1.29 is 27.8 Å². The van der Waals surface area contributed by atoms with Crippen molar-refractivity contribution >= 4 is 28.8 Å². The second-order valence-electron chi connectivity index (χ2n) is 5.85. The molecule has 0 unspecified atom stereocenters. The second kappa shape index (κ2) is 7.58. The van der Waals surface area contributed by atoms with Gasteiger partial charge in [-0.05, 0) is 31.2 Å². The van der Waals surface area contributed by atoms with Gasteiger partial charge in [0, 0.05) is 17.5 Å². The number of nitrogens with two attached hydrogens (primary N) is 1. The van der Waals surface area contributed by atoms with E-state index in [-0.39, 0.29) is 11.3 Å². The van der Waals surface area contributed by atoms with Crippen LogP contribution in [0, 0.1) is 6.92 Å². The van der Waals surface area contributed by atoms with Gasteiger partial charge < -0.3 is 15.7 Å². The summed E-state index contributed by atoms with van der Waals surface area (Å²) in [4.78, 5) is 19.6. The van der Waals surface area contributed by atoms with E-state index in [1.165, 1.54) is 40.8 Å². The maximum Gasteiger partial charge on any atom is 0.422 e. The quantitative estimate of drug-likeness (QED) is 0.472. The average Bonchev–Trinajstić information content (AvgIpc) is 2.94. The molecule has 2 aromatic heterocycles. The fraction of sp³-hybridized carbons (Fsp3) is 0.235. The number of aromatic carboxylic acids is 1. The standard InChI is InChI=1S/C17H15F3N4O3S/c1-9-12(22-5-4-14(9)27-8-17(18,19)20)7-28-16-23-11-3-2-10(15(25)26)6-13(11)24(16)21/h2-6H,7-8,21H2,1H3,(H,25,26). The number of nitrogen functional groups attached to an aromatic ring is 1. The number of ether oxygens (including phenoxy) is 1. The highest BCUT2D eigenvalue weighted by Crippen LogP contribution is 2.29. The Kier molecular flexibility index (Phi) is 5.36. The molecule has 0 fully saturated rings. The number of pyridine rings is 1. The summed E-state index contributed by atoms with van der Waals surface area (Å²) in [6.07, 6.45) is -3.05. The molecular weight excluding hydrogens is 397 g/mol. The smallest absolute Gasteiger partial charge is 0.422 e. The van der Waals surface area contributed by atoms with Crippen molar-refractivity contribution in [2.24, 2.45) is 0 Å². The minimum Gasteiger partial charge on any atom is -0.484 e. The topological polar surface area (TPSA) is 103 Å². The van der Waals surface area contributed by atoms with Gasteiger partial charge in [0.1, 0.15) is 5.75 Å². The molecule has 0 bridgehead atoms. The van der Waals surface area contributed by atoms with Crippen LogP contribution in [0.15, 0.2) is 35.6 Å². The highest BCUT2D eigenvalue weighted by molar-refractivity contribution is 7.98. The molecule has 0 amide bonds. The molecule has 0 spiro atoms.